The molecule has 0 aliphatic rings. The average Bonchev–Trinajstić information content (AvgIpc) is 2.65. The van der Waals surface area contributed by atoms with E-state index in [9.17, 15) is 9.50 Å². The molecule has 0 fully saturated rings. The summed E-state index contributed by atoms with van der Waals surface area (Å²) in [6, 6.07) is 6.83. The zero-order valence-corrected chi connectivity index (χ0v) is 9.57. The molecule has 2 aromatic rings. The molecule has 0 bridgehead atoms. The summed E-state index contributed by atoms with van der Waals surface area (Å²) in [7, 11) is 0. The van der Waals surface area contributed by atoms with Crippen molar-refractivity contribution in [2.24, 2.45) is 0 Å². The summed E-state index contributed by atoms with van der Waals surface area (Å²) in [4.78, 5) is 0. The molecular weight excluding hydrogens is 205 g/mol. The molecule has 1 aromatic carbocycles. The van der Waals surface area contributed by atoms with Crippen LogP contribution in [0.5, 0.6) is 0 Å². The lowest BCUT2D eigenvalue weighted by Crippen LogP contribution is -2.07. The lowest BCUT2D eigenvalue weighted by atomic mass is 10.1. The van der Waals surface area contributed by atoms with E-state index in [0.717, 1.165) is 23.1 Å². The van der Waals surface area contributed by atoms with Gasteiger partial charge in [-0.15, -0.1) is 0 Å². The van der Waals surface area contributed by atoms with Gasteiger partial charge in [0.1, 0.15) is 5.82 Å². The molecule has 2 nitrogen and oxygen atoms in total. The fourth-order valence-corrected chi connectivity index (χ4v) is 2.10. The van der Waals surface area contributed by atoms with Crippen LogP contribution in [0.25, 0.3) is 10.9 Å². The maximum atomic E-state index is 13.2. The van der Waals surface area contributed by atoms with E-state index < -0.39 is 0 Å². The number of benzene rings is 1. The topological polar surface area (TPSA) is 25.2 Å². The molecule has 0 saturated heterocycles. The first-order valence-electron chi connectivity index (χ1n) is 5.57. The molecule has 0 aliphatic heterocycles. The Hall–Kier alpha value is -1.35. The highest BCUT2D eigenvalue weighted by atomic mass is 19.1. The SMILES string of the molecule is CCn1c(C(C)CO)cc2ccc(F)cc21. The van der Waals surface area contributed by atoms with Crippen molar-refractivity contribution in [2.75, 3.05) is 6.61 Å². The minimum Gasteiger partial charge on any atom is -0.396 e. The summed E-state index contributed by atoms with van der Waals surface area (Å²) in [5.74, 6) is -0.140. The molecule has 0 aliphatic carbocycles. The highest BCUT2D eigenvalue weighted by molar-refractivity contribution is 5.81. The van der Waals surface area contributed by atoms with Crippen molar-refractivity contribution < 1.29 is 9.50 Å². The van der Waals surface area contributed by atoms with E-state index in [1.165, 1.54) is 6.07 Å². The average molecular weight is 221 g/mol. The predicted octanol–water partition coefficient (Wildman–Crippen LogP) is 2.90. The van der Waals surface area contributed by atoms with Gasteiger partial charge in [-0.1, -0.05) is 6.92 Å². The van der Waals surface area contributed by atoms with Crippen LogP contribution in [0, 0.1) is 5.82 Å². The molecule has 1 unspecified atom stereocenters. The van der Waals surface area contributed by atoms with Gasteiger partial charge in [0.25, 0.3) is 0 Å². The maximum Gasteiger partial charge on any atom is 0.125 e. The zero-order valence-electron chi connectivity index (χ0n) is 9.57. The number of halogens is 1. The first-order valence-corrected chi connectivity index (χ1v) is 5.57. The number of hydrogen-bond donors (Lipinski definition) is 1. The third-order valence-corrected chi connectivity index (χ3v) is 2.99. The second kappa shape index (κ2) is 4.26. The second-order valence-electron chi connectivity index (χ2n) is 4.10. The van der Waals surface area contributed by atoms with E-state index in [1.54, 1.807) is 12.1 Å². The summed E-state index contributed by atoms with van der Waals surface area (Å²) in [6.45, 7) is 4.89. The Morgan fingerprint density at radius 1 is 1.38 bits per heavy atom. The smallest absolute Gasteiger partial charge is 0.125 e. The van der Waals surface area contributed by atoms with Crippen molar-refractivity contribution in [3.05, 3.63) is 35.8 Å². The van der Waals surface area contributed by atoms with Crippen molar-refractivity contribution in [2.45, 2.75) is 26.3 Å². The summed E-state index contributed by atoms with van der Waals surface area (Å²) < 4.78 is 15.2. The first kappa shape index (κ1) is 11.1. The van der Waals surface area contributed by atoms with E-state index in [-0.39, 0.29) is 18.3 Å². The molecule has 1 N–H and O–H groups in total. The van der Waals surface area contributed by atoms with Crippen LogP contribution in [0.1, 0.15) is 25.5 Å². The van der Waals surface area contributed by atoms with Crippen LogP contribution >= 0.6 is 0 Å². The maximum absolute atomic E-state index is 13.2. The van der Waals surface area contributed by atoms with E-state index in [0.29, 0.717) is 0 Å². The monoisotopic (exact) mass is 221 g/mol. The minimum absolute atomic E-state index is 0.0791. The van der Waals surface area contributed by atoms with Crippen LogP contribution in [0.3, 0.4) is 0 Å². The van der Waals surface area contributed by atoms with Gasteiger partial charge in [0.05, 0.1) is 12.1 Å². The lowest BCUT2D eigenvalue weighted by Gasteiger charge is -2.12. The number of aliphatic hydroxyl groups is 1. The van der Waals surface area contributed by atoms with Gasteiger partial charge in [-0.3, -0.25) is 0 Å². The molecule has 16 heavy (non-hydrogen) atoms. The Morgan fingerprint density at radius 2 is 2.12 bits per heavy atom. The highest BCUT2D eigenvalue weighted by Crippen LogP contribution is 2.25. The van der Waals surface area contributed by atoms with Crippen LogP contribution in [0.2, 0.25) is 0 Å². The Balaban J connectivity index is 2.66. The molecule has 0 spiro atoms. The number of aromatic nitrogens is 1. The Labute approximate surface area is 94.3 Å². The summed E-state index contributed by atoms with van der Waals surface area (Å²) >= 11 is 0. The quantitative estimate of drug-likeness (QED) is 0.847. The molecule has 3 heteroatoms. The Kier molecular flexibility index (Phi) is 2.97. The minimum atomic E-state index is -0.219. The number of aliphatic hydroxyl groups excluding tert-OH is 1. The highest BCUT2D eigenvalue weighted by Gasteiger charge is 2.13. The fourth-order valence-electron chi connectivity index (χ4n) is 2.10. The third-order valence-electron chi connectivity index (χ3n) is 2.99. The first-order chi connectivity index (χ1) is 7.67. The van der Waals surface area contributed by atoms with Gasteiger partial charge in [0.2, 0.25) is 0 Å². The second-order valence-corrected chi connectivity index (χ2v) is 4.10. The van der Waals surface area contributed by atoms with Crippen molar-refractivity contribution in [1.82, 2.24) is 4.57 Å². The summed E-state index contributed by atoms with van der Waals surface area (Å²) in [5, 5.41) is 10.2. The molecule has 0 saturated carbocycles. The molecule has 0 amide bonds. The summed E-state index contributed by atoms with van der Waals surface area (Å²) in [6.07, 6.45) is 0. The number of fused-ring (bicyclic) bond motifs is 1. The van der Waals surface area contributed by atoms with Gasteiger partial charge < -0.3 is 9.67 Å². The molecule has 2 rings (SSSR count). The van der Waals surface area contributed by atoms with Gasteiger partial charge in [-0.05, 0) is 31.2 Å². The van der Waals surface area contributed by atoms with Gasteiger partial charge in [-0.25, -0.2) is 4.39 Å². The molecule has 1 heterocycles. The van der Waals surface area contributed by atoms with E-state index in [2.05, 4.69) is 4.57 Å². The van der Waals surface area contributed by atoms with Crippen LogP contribution in [-0.2, 0) is 6.54 Å². The number of rotatable bonds is 3. The van der Waals surface area contributed by atoms with E-state index >= 15 is 0 Å². The molecule has 86 valence electrons. The number of nitrogens with zero attached hydrogens (tertiary/aromatic N) is 1. The van der Waals surface area contributed by atoms with E-state index in [1.807, 2.05) is 19.9 Å². The normalized spacial score (nSPS) is 13.2. The lowest BCUT2D eigenvalue weighted by molar-refractivity contribution is 0.269. The number of aryl methyl sites for hydroxylation is 1. The summed E-state index contributed by atoms with van der Waals surface area (Å²) in [5.41, 5.74) is 1.96. The van der Waals surface area contributed by atoms with Crippen LogP contribution in [-0.4, -0.2) is 16.3 Å². The molecular formula is C13H16FNO. The molecule has 1 aromatic heterocycles. The fraction of sp³-hybridized carbons (Fsp3) is 0.385. The predicted molar refractivity (Wildman–Crippen MR) is 63.1 cm³/mol. The van der Waals surface area contributed by atoms with Crippen molar-refractivity contribution in [1.29, 1.82) is 0 Å². The van der Waals surface area contributed by atoms with Gasteiger partial charge in [0, 0.05) is 23.5 Å². The molecule has 0 radical (unpaired) electrons. The van der Waals surface area contributed by atoms with Crippen LogP contribution < -0.4 is 0 Å². The standard InChI is InChI=1S/C13H16FNO/c1-3-15-12(9(2)8-16)6-10-4-5-11(14)7-13(10)15/h4-7,9,16H,3,8H2,1-2H3. The van der Waals surface area contributed by atoms with Crippen LogP contribution in [0.15, 0.2) is 24.3 Å². The Morgan fingerprint density at radius 3 is 2.75 bits per heavy atom. The van der Waals surface area contributed by atoms with Crippen LogP contribution in [0.4, 0.5) is 4.39 Å². The number of hydrogen-bond acceptors (Lipinski definition) is 1. The van der Waals surface area contributed by atoms with E-state index in [4.69, 9.17) is 0 Å². The van der Waals surface area contributed by atoms with Crippen molar-refractivity contribution in [3.8, 4) is 0 Å². The zero-order chi connectivity index (χ0) is 11.7. The van der Waals surface area contributed by atoms with Gasteiger partial charge in [-0.2, -0.15) is 0 Å². The van der Waals surface area contributed by atoms with Crippen molar-refractivity contribution in [3.63, 3.8) is 0 Å². The largest absolute Gasteiger partial charge is 0.396 e. The van der Waals surface area contributed by atoms with Crippen molar-refractivity contribution >= 4 is 10.9 Å². The Bertz CT molecular complexity index is 504. The molecule has 1 atom stereocenters. The third kappa shape index (κ3) is 1.71. The van der Waals surface area contributed by atoms with Gasteiger partial charge in [0.15, 0.2) is 0 Å². The van der Waals surface area contributed by atoms with Gasteiger partial charge >= 0.3 is 0 Å².